The SMILES string of the molecule is Cc1cccc(/C=C/C(=O)NC2CCCCCC2)c1. The first-order chi connectivity index (χ1) is 9.24. The van der Waals surface area contributed by atoms with E-state index in [2.05, 4.69) is 24.4 Å². The molecule has 19 heavy (non-hydrogen) atoms. The lowest BCUT2D eigenvalue weighted by Crippen LogP contribution is -2.33. The molecule has 1 saturated carbocycles. The molecule has 0 aromatic heterocycles. The van der Waals surface area contributed by atoms with Crippen molar-refractivity contribution in [2.45, 2.75) is 51.5 Å². The van der Waals surface area contributed by atoms with Crippen LogP contribution in [0.25, 0.3) is 6.08 Å². The van der Waals surface area contributed by atoms with E-state index in [0.29, 0.717) is 6.04 Å². The quantitative estimate of drug-likeness (QED) is 0.647. The van der Waals surface area contributed by atoms with Crippen molar-refractivity contribution >= 4 is 12.0 Å². The lowest BCUT2D eigenvalue weighted by Gasteiger charge is -2.14. The van der Waals surface area contributed by atoms with Crippen LogP contribution in [0, 0.1) is 6.92 Å². The molecule has 2 nitrogen and oxygen atoms in total. The van der Waals surface area contributed by atoms with Gasteiger partial charge in [0.05, 0.1) is 0 Å². The lowest BCUT2D eigenvalue weighted by molar-refractivity contribution is -0.117. The van der Waals surface area contributed by atoms with Gasteiger partial charge in [0.15, 0.2) is 0 Å². The summed E-state index contributed by atoms with van der Waals surface area (Å²) in [7, 11) is 0. The lowest BCUT2D eigenvalue weighted by atomic mass is 10.1. The number of carbonyl (C=O) groups is 1. The van der Waals surface area contributed by atoms with Gasteiger partial charge < -0.3 is 5.32 Å². The van der Waals surface area contributed by atoms with Crippen LogP contribution in [0.5, 0.6) is 0 Å². The topological polar surface area (TPSA) is 29.1 Å². The molecule has 1 N–H and O–H groups in total. The Kier molecular flexibility index (Phi) is 5.20. The van der Waals surface area contributed by atoms with Crippen LogP contribution < -0.4 is 5.32 Å². The standard InChI is InChI=1S/C17H23NO/c1-14-7-6-8-15(13-14)11-12-17(19)18-16-9-4-2-3-5-10-16/h6-8,11-13,16H,2-5,9-10H2,1H3,(H,18,19)/b12-11+. The van der Waals surface area contributed by atoms with Gasteiger partial charge in [0.2, 0.25) is 5.91 Å². The molecule has 0 atom stereocenters. The maximum atomic E-state index is 11.9. The van der Waals surface area contributed by atoms with Gasteiger partial charge in [0.1, 0.15) is 0 Å². The zero-order valence-electron chi connectivity index (χ0n) is 11.7. The third-order valence-corrected chi connectivity index (χ3v) is 3.67. The third kappa shape index (κ3) is 4.90. The maximum absolute atomic E-state index is 11.9. The van der Waals surface area contributed by atoms with Crippen LogP contribution in [-0.2, 0) is 4.79 Å². The Balaban J connectivity index is 1.86. The van der Waals surface area contributed by atoms with E-state index >= 15 is 0 Å². The van der Waals surface area contributed by atoms with Crippen LogP contribution in [0.1, 0.15) is 49.7 Å². The van der Waals surface area contributed by atoms with Gasteiger partial charge in [-0.15, -0.1) is 0 Å². The normalized spacial score (nSPS) is 17.3. The molecule has 0 aliphatic heterocycles. The number of nitrogens with one attached hydrogen (secondary N) is 1. The van der Waals surface area contributed by atoms with Crippen molar-refractivity contribution in [2.24, 2.45) is 0 Å². The molecule has 1 aliphatic rings. The first-order valence-electron chi connectivity index (χ1n) is 7.29. The van der Waals surface area contributed by atoms with Crippen molar-refractivity contribution in [1.82, 2.24) is 5.32 Å². The summed E-state index contributed by atoms with van der Waals surface area (Å²) in [5.74, 6) is 0.0356. The van der Waals surface area contributed by atoms with E-state index in [9.17, 15) is 4.79 Å². The number of hydrogen-bond donors (Lipinski definition) is 1. The second-order valence-corrected chi connectivity index (χ2v) is 5.44. The number of carbonyl (C=O) groups excluding carboxylic acids is 1. The molecule has 1 amide bonds. The van der Waals surface area contributed by atoms with Crippen LogP contribution in [0.2, 0.25) is 0 Å². The summed E-state index contributed by atoms with van der Waals surface area (Å²) in [6.45, 7) is 2.06. The minimum atomic E-state index is 0.0356. The van der Waals surface area contributed by atoms with Gasteiger partial charge in [0.25, 0.3) is 0 Å². The van der Waals surface area contributed by atoms with Gasteiger partial charge in [-0.25, -0.2) is 0 Å². The Bertz CT molecular complexity index is 442. The zero-order chi connectivity index (χ0) is 13.5. The van der Waals surface area contributed by atoms with Gasteiger partial charge in [-0.05, 0) is 31.4 Å². The summed E-state index contributed by atoms with van der Waals surface area (Å²) in [5.41, 5.74) is 2.29. The van der Waals surface area contributed by atoms with Crippen molar-refractivity contribution in [3.05, 3.63) is 41.5 Å². The molecule has 2 heteroatoms. The first-order valence-corrected chi connectivity index (χ1v) is 7.29. The Labute approximate surface area is 115 Å². The van der Waals surface area contributed by atoms with Gasteiger partial charge in [-0.3, -0.25) is 4.79 Å². The van der Waals surface area contributed by atoms with Crippen LogP contribution >= 0.6 is 0 Å². The Morgan fingerprint density at radius 3 is 2.63 bits per heavy atom. The van der Waals surface area contributed by atoms with E-state index in [1.165, 1.54) is 31.2 Å². The smallest absolute Gasteiger partial charge is 0.244 e. The number of hydrogen-bond acceptors (Lipinski definition) is 1. The molecule has 0 bridgehead atoms. The van der Waals surface area contributed by atoms with Gasteiger partial charge >= 0.3 is 0 Å². The van der Waals surface area contributed by atoms with E-state index in [4.69, 9.17) is 0 Å². The fraction of sp³-hybridized carbons (Fsp3) is 0.471. The highest BCUT2D eigenvalue weighted by atomic mass is 16.1. The van der Waals surface area contributed by atoms with E-state index in [-0.39, 0.29) is 5.91 Å². The Hall–Kier alpha value is -1.57. The van der Waals surface area contributed by atoms with E-state index in [0.717, 1.165) is 18.4 Å². The summed E-state index contributed by atoms with van der Waals surface area (Å²) in [5, 5.41) is 3.12. The highest BCUT2D eigenvalue weighted by Gasteiger charge is 2.12. The number of rotatable bonds is 3. The molecule has 1 aromatic carbocycles. The summed E-state index contributed by atoms with van der Waals surface area (Å²) >= 11 is 0. The van der Waals surface area contributed by atoms with Crippen LogP contribution in [0.4, 0.5) is 0 Å². The average Bonchev–Trinajstić information content (AvgIpc) is 2.65. The molecule has 0 saturated heterocycles. The van der Waals surface area contributed by atoms with E-state index in [1.807, 2.05) is 18.2 Å². The Morgan fingerprint density at radius 2 is 1.95 bits per heavy atom. The minimum absolute atomic E-state index is 0.0356. The molecule has 102 valence electrons. The minimum Gasteiger partial charge on any atom is -0.350 e. The predicted octanol–water partition coefficient (Wildman–Crippen LogP) is 3.85. The van der Waals surface area contributed by atoms with Crippen LogP contribution in [-0.4, -0.2) is 11.9 Å². The van der Waals surface area contributed by atoms with Crippen molar-refractivity contribution in [2.75, 3.05) is 0 Å². The predicted molar refractivity (Wildman–Crippen MR) is 79.8 cm³/mol. The molecule has 0 radical (unpaired) electrons. The van der Waals surface area contributed by atoms with Crippen LogP contribution in [0.3, 0.4) is 0 Å². The van der Waals surface area contributed by atoms with E-state index in [1.54, 1.807) is 6.08 Å². The maximum Gasteiger partial charge on any atom is 0.244 e. The highest BCUT2D eigenvalue weighted by Crippen LogP contribution is 2.17. The zero-order valence-corrected chi connectivity index (χ0v) is 11.7. The molecule has 0 unspecified atom stereocenters. The second-order valence-electron chi connectivity index (χ2n) is 5.44. The third-order valence-electron chi connectivity index (χ3n) is 3.67. The van der Waals surface area contributed by atoms with Crippen molar-refractivity contribution in [3.63, 3.8) is 0 Å². The molecular formula is C17H23NO. The summed E-state index contributed by atoms with van der Waals surface area (Å²) in [4.78, 5) is 11.9. The van der Waals surface area contributed by atoms with Gasteiger partial charge in [-0.2, -0.15) is 0 Å². The average molecular weight is 257 g/mol. The molecular weight excluding hydrogens is 234 g/mol. The van der Waals surface area contributed by atoms with E-state index < -0.39 is 0 Å². The largest absolute Gasteiger partial charge is 0.350 e. The first kappa shape index (κ1) is 13.9. The molecule has 0 spiro atoms. The summed E-state index contributed by atoms with van der Waals surface area (Å²) in [6.07, 6.45) is 10.9. The van der Waals surface area contributed by atoms with Crippen molar-refractivity contribution in [3.8, 4) is 0 Å². The number of amides is 1. The monoisotopic (exact) mass is 257 g/mol. The highest BCUT2D eigenvalue weighted by molar-refractivity contribution is 5.91. The molecule has 1 aromatic rings. The van der Waals surface area contributed by atoms with Gasteiger partial charge in [0, 0.05) is 12.1 Å². The Morgan fingerprint density at radius 1 is 1.21 bits per heavy atom. The number of benzene rings is 1. The molecule has 1 aliphatic carbocycles. The second kappa shape index (κ2) is 7.13. The summed E-state index contributed by atoms with van der Waals surface area (Å²) < 4.78 is 0. The molecule has 2 rings (SSSR count). The number of aryl methyl sites for hydroxylation is 1. The molecule has 0 heterocycles. The fourth-order valence-electron chi connectivity index (χ4n) is 2.62. The van der Waals surface area contributed by atoms with Crippen molar-refractivity contribution in [1.29, 1.82) is 0 Å². The summed E-state index contributed by atoms with van der Waals surface area (Å²) in [6, 6.07) is 8.54. The fourth-order valence-corrected chi connectivity index (χ4v) is 2.62. The van der Waals surface area contributed by atoms with Crippen molar-refractivity contribution < 1.29 is 4.79 Å². The molecule has 1 fully saturated rings. The van der Waals surface area contributed by atoms with Crippen LogP contribution in [0.15, 0.2) is 30.3 Å². The van der Waals surface area contributed by atoms with Gasteiger partial charge in [-0.1, -0.05) is 55.5 Å².